The van der Waals surface area contributed by atoms with Gasteiger partial charge in [0.05, 0.1) is 36.7 Å². The summed E-state index contributed by atoms with van der Waals surface area (Å²) in [6.07, 6.45) is 1.70. The number of piperazine rings is 1. The summed E-state index contributed by atoms with van der Waals surface area (Å²) >= 11 is 3.64. The molecule has 0 N–H and O–H groups in total. The first-order valence-electron chi connectivity index (χ1n) is 8.21. The largest absolute Gasteiger partial charge is 0.375 e. The average Bonchev–Trinajstić information content (AvgIpc) is 2.97. The molecule has 0 amide bonds. The lowest BCUT2D eigenvalue weighted by Gasteiger charge is -2.48. The van der Waals surface area contributed by atoms with Crippen LogP contribution in [0.2, 0.25) is 0 Å². The van der Waals surface area contributed by atoms with Crippen LogP contribution < -0.4 is 4.90 Å². The fraction of sp³-hybridized carbons (Fsp3) is 0.471. The topological polar surface area (TPSA) is 74.4 Å². The van der Waals surface area contributed by atoms with Crippen LogP contribution in [-0.4, -0.2) is 65.5 Å². The van der Waals surface area contributed by atoms with Gasteiger partial charge in [-0.05, 0) is 28.1 Å². The molecule has 2 aliphatic heterocycles. The van der Waals surface area contributed by atoms with Gasteiger partial charge in [-0.3, -0.25) is 9.69 Å². The van der Waals surface area contributed by atoms with E-state index >= 15 is 0 Å². The molecule has 0 unspecified atom stereocenters. The molecule has 0 bridgehead atoms. The average molecular weight is 404 g/mol. The second-order valence-corrected chi connectivity index (χ2v) is 7.40. The van der Waals surface area contributed by atoms with Gasteiger partial charge in [-0.2, -0.15) is 10.4 Å². The van der Waals surface area contributed by atoms with Crippen molar-refractivity contribution in [3.63, 3.8) is 0 Å². The molecule has 3 heterocycles. The summed E-state index contributed by atoms with van der Waals surface area (Å²) in [5, 5.41) is 14.6. The first-order valence-corrected chi connectivity index (χ1v) is 9.01. The van der Waals surface area contributed by atoms with Crippen molar-refractivity contribution in [2.45, 2.75) is 12.5 Å². The van der Waals surface area contributed by atoms with Crippen molar-refractivity contribution in [2.24, 2.45) is 0 Å². The summed E-state index contributed by atoms with van der Waals surface area (Å²) in [7, 11) is 0. The van der Waals surface area contributed by atoms with Gasteiger partial charge in [0.25, 0.3) is 0 Å². The third kappa shape index (κ3) is 2.63. The van der Waals surface area contributed by atoms with E-state index in [4.69, 9.17) is 4.74 Å². The number of aromatic nitrogens is 2. The molecule has 1 aromatic carbocycles. The van der Waals surface area contributed by atoms with Crippen LogP contribution in [0, 0.1) is 11.3 Å². The zero-order valence-electron chi connectivity index (χ0n) is 13.9. The van der Waals surface area contributed by atoms with Gasteiger partial charge in [-0.15, -0.1) is 0 Å². The van der Waals surface area contributed by atoms with Crippen LogP contribution in [0.25, 0.3) is 10.9 Å². The molecule has 0 radical (unpaired) electrons. The van der Waals surface area contributed by atoms with Gasteiger partial charge in [0.1, 0.15) is 0 Å². The van der Waals surface area contributed by atoms with Gasteiger partial charge < -0.3 is 9.64 Å². The molecule has 0 atom stereocenters. The van der Waals surface area contributed by atoms with Gasteiger partial charge in [0, 0.05) is 43.0 Å². The lowest BCUT2D eigenvalue weighted by Crippen LogP contribution is -2.65. The third-order valence-corrected chi connectivity index (χ3v) is 5.69. The summed E-state index contributed by atoms with van der Waals surface area (Å²) in [5.74, 6) is -0.103. The summed E-state index contributed by atoms with van der Waals surface area (Å²) in [6, 6.07) is 6.43. The summed E-state index contributed by atoms with van der Waals surface area (Å²) in [5.41, 5.74) is 1.42. The zero-order valence-corrected chi connectivity index (χ0v) is 15.5. The van der Waals surface area contributed by atoms with E-state index in [1.807, 2.05) is 12.1 Å². The van der Waals surface area contributed by atoms with Gasteiger partial charge in [0.2, 0.25) is 5.91 Å². The fourth-order valence-electron chi connectivity index (χ4n) is 3.52. The summed E-state index contributed by atoms with van der Waals surface area (Å²) in [6.45, 7) is 5.77. The van der Waals surface area contributed by atoms with Crippen molar-refractivity contribution >= 4 is 38.4 Å². The first-order chi connectivity index (χ1) is 12.0. The molecular formula is C17H18BrN5O2. The highest BCUT2D eigenvalue weighted by atomic mass is 79.9. The summed E-state index contributed by atoms with van der Waals surface area (Å²) < 4.78 is 7.67. The Morgan fingerprint density at radius 1 is 1.32 bits per heavy atom. The van der Waals surface area contributed by atoms with Crippen LogP contribution in [0.3, 0.4) is 0 Å². The lowest BCUT2D eigenvalue weighted by molar-refractivity contribution is -0.109. The van der Waals surface area contributed by atoms with Crippen molar-refractivity contribution in [1.29, 1.82) is 5.26 Å². The van der Waals surface area contributed by atoms with E-state index in [9.17, 15) is 10.1 Å². The van der Waals surface area contributed by atoms with Gasteiger partial charge in [0.15, 0.2) is 5.54 Å². The Morgan fingerprint density at radius 2 is 2.04 bits per heavy atom. The summed E-state index contributed by atoms with van der Waals surface area (Å²) in [4.78, 5) is 16.2. The predicted molar refractivity (Wildman–Crippen MR) is 96.7 cm³/mol. The minimum absolute atomic E-state index is 0.103. The third-order valence-electron chi connectivity index (χ3n) is 5.05. The van der Waals surface area contributed by atoms with Crippen molar-refractivity contribution in [3.05, 3.63) is 22.8 Å². The number of hydrogen-bond donors (Lipinski definition) is 0. The van der Waals surface area contributed by atoms with Crippen molar-refractivity contribution in [3.8, 4) is 6.07 Å². The molecule has 7 nitrogen and oxygen atoms in total. The van der Waals surface area contributed by atoms with Gasteiger partial charge >= 0.3 is 0 Å². The monoisotopic (exact) mass is 403 g/mol. The molecule has 1 aromatic heterocycles. The van der Waals surface area contributed by atoms with Crippen molar-refractivity contribution < 1.29 is 9.53 Å². The minimum Gasteiger partial charge on any atom is -0.375 e. The molecule has 4 rings (SSSR count). The van der Waals surface area contributed by atoms with E-state index in [1.165, 1.54) is 11.6 Å². The van der Waals surface area contributed by atoms with E-state index in [2.05, 4.69) is 36.9 Å². The van der Waals surface area contributed by atoms with E-state index in [0.717, 1.165) is 47.2 Å². The van der Waals surface area contributed by atoms with E-state index in [-0.39, 0.29) is 5.91 Å². The number of rotatable bonds is 2. The number of hydrogen-bond acceptors (Lipinski definition) is 6. The van der Waals surface area contributed by atoms with Crippen LogP contribution >= 0.6 is 15.9 Å². The molecule has 0 aliphatic carbocycles. The Hall–Kier alpha value is -1.95. The predicted octanol–water partition coefficient (Wildman–Crippen LogP) is 1.87. The van der Waals surface area contributed by atoms with Crippen molar-refractivity contribution in [2.75, 3.05) is 44.3 Å². The minimum atomic E-state index is -0.444. The van der Waals surface area contributed by atoms with Crippen LogP contribution in [0.1, 0.15) is 11.7 Å². The number of ether oxygens (including phenoxy) is 1. The van der Waals surface area contributed by atoms with E-state index in [1.54, 1.807) is 6.20 Å². The standard InChI is InChI=1S/C17H18BrN5O2/c1-12(24)23-15-7-16(14(18)6-13(15)8-20-23)21-2-4-22(5-3-21)17(9-19)10-25-11-17/h6-8H,2-5,10-11H2,1H3. The molecule has 130 valence electrons. The number of nitriles is 1. The van der Waals surface area contributed by atoms with Gasteiger partial charge in [-0.25, -0.2) is 4.68 Å². The molecular weight excluding hydrogens is 386 g/mol. The van der Waals surface area contributed by atoms with Crippen LogP contribution in [0.15, 0.2) is 22.8 Å². The number of fused-ring (bicyclic) bond motifs is 1. The normalized spacial score (nSPS) is 20.3. The molecule has 0 spiro atoms. The number of anilines is 1. The lowest BCUT2D eigenvalue weighted by atomic mass is 9.96. The van der Waals surface area contributed by atoms with Crippen LogP contribution in [0.5, 0.6) is 0 Å². The maximum atomic E-state index is 11.7. The Bertz CT molecular complexity index is 875. The molecule has 8 heteroatoms. The van der Waals surface area contributed by atoms with Gasteiger partial charge in [-0.1, -0.05) is 0 Å². The number of carbonyl (C=O) groups excluding carboxylic acids is 1. The molecule has 0 saturated carbocycles. The molecule has 2 aromatic rings. The quantitative estimate of drug-likeness (QED) is 0.761. The second-order valence-electron chi connectivity index (χ2n) is 6.55. The number of halogens is 1. The van der Waals surface area contributed by atoms with E-state index in [0.29, 0.717) is 13.2 Å². The SMILES string of the molecule is CC(=O)n1ncc2cc(Br)c(N3CCN(C4(C#N)COC4)CC3)cc21. The Labute approximate surface area is 153 Å². The smallest absolute Gasteiger partial charge is 0.244 e. The molecule has 2 saturated heterocycles. The Kier molecular flexibility index (Phi) is 4.02. The van der Waals surface area contributed by atoms with Crippen LogP contribution in [0.4, 0.5) is 5.69 Å². The Morgan fingerprint density at radius 3 is 2.60 bits per heavy atom. The number of carbonyl (C=O) groups is 1. The Balaban J connectivity index is 1.58. The fourth-order valence-corrected chi connectivity index (χ4v) is 4.13. The highest BCUT2D eigenvalue weighted by Gasteiger charge is 2.45. The maximum absolute atomic E-state index is 11.7. The second kappa shape index (κ2) is 6.09. The highest BCUT2D eigenvalue weighted by molar-refractivity contribution is 9.10. The molecule has 2 aliphatic rings. The number of benzene rings is 1. The number of nitrogens with zero attached hydrogens (tertiary/aromatic N) is 5. The van der Waals surface area contributed by atoms with E-state index < -0.39 is 5.54 Å². The maximum Gasteiger partial charge on any atom is 0.244 e. The van der Waals surface area contributed by atoms with Crippen LogP contribution in [-0.2, 0) is 4.74 Å². The first kappa shape index (κ1) is 16.5. The zero-order chi connectivity index (χ0) is 17.6. The molecule has 25 heavy (non-hydrogen) atoms. The molecule has 2 fully saturated rings. The van der Waals surface area contributed by atoms with Crippen molar-refractivity contribution in [1.82, 2.24) is 14.7 Å². The highest BCUT2D eigenvalue weighted by Crippen LogP contribution is 2.33.